The molecule has 1 fully saturated rings. The van der Waals surface area contributed by atoms with Crippen LogP contribution in [0.15, 0.2) is 41.2 Å². The van der Waals surface area contributed by atoms with Crippen LogP contribution in [0, 0.1) is 0 Å². The summed E-state index contributed by atoms with van der Waals surface area (Å²) in [6.07, 6.45) is 1.93. The van der Waals surface area contributed by atoms with Crippen molar-refractivity contribution in [2.24, 2.45) is 5.73 Å². The zero-order valence-corrected chi connectivity index (χ0v) is 17.2. The molecule has 2 aromatic heterocycles. The molecule has 9 heteroatoms. The van der Waals surface area contributed by atoms with Gasteiger partial charge in [-0.25, -0.2) is 4.79 Å². The monoisotopic (exact) mass is 436 g/mol. The molecule has 7 nitrogen and oxygen atoms in total. The van der Waals surface area contributed by atoms with Gasteiger partial charge in [0.15, 0.2) is 0 Å². The number of rotatable bonds is 4. The minimum atomic E-state index is -1.17. The third kappa shape index (κ3) is 4.12. The lowest BCUT2D eigenvalue weighted by Crippen LogP contribution is -2.43. The minimum Gasteiger partial charge on any atom is -0.477 e. The fourth-order valence-corrected chi connectivity index (χ4v) is 4.04. The summed E-state index contributed by atoms with van der Waals surface area (Å²) in [5.41, 5.74) is 6.90. The number of piperidine rings is 1. The molecule has 1 saturated heterocycles. The number of nitrogens with zero attached hydrogens (tertiary/aromatic N) is 2. The van der Waals surface area contributed by atoms with Crippen molar-refractivity contribution in [2.45, 2.75) is 25.4 Å². The van der Waals surface area contributed by atoms with E-state index in [0.29, 0.717) is 29.0 Å². The fraction of sp³-hybridized carbons (Fsp3) is 0.300. The van der Waals surface area contributed by atoms with Crippen LogP contribution in [-0.2, 0) is 6.54 Å². The molecule has 0 saturated carbocycles. The first kappa shape index (κ1) is 21.2. The van der Waals surface area contributed by atoms with E-state index in [9.17, 15) is 14.7 Å². The molecule has 1 aromatic carbocycles. The maximum Gasteiger partial charge on any atom is 0.352 e. The Hall–Kier alpha value is -2.48. The van der Waals surface area contributed by atoms with Crippen LogP contribution in [0.5, 0.6) is 0 Å². The van der Waals surface area contributed by atoms with E-state index in [0.717, 1.165) is 30.8 Å². The zero-order chi connectivity index (χ0) is 19.8. The van der Waals surface area contributed by atoms with E-state index in [1.165, 1.54) is 6.07 Å². The summed E-state index contributed by atoms with van der Waals surface area (Å²) in [6, 6.07) is 10.9. The summed E-state index contributed by atoms with van der Waals surface area (Å²) < 4.78 is 1.90. The van der Waals surface area contributed by atoms with Gasteiger partial charge in [0.25, 0.3) is 5.56 Å². The van der Waals surface area contributed by atoms with Gasteiger partial charge in [0, 0.05) is 29.5 Å². The van der Waals surface area contributed by atoms with E-state index in [2.05, 4.69) is 9.88 Å². The van der Waals surface area contributed by atoms with Gasteiger partial charge in [-0.05, 0) is 36.6 Å². The second kappa shape index (κ2) is 8.49. The molecule has 154 valence electrons. The molecule has 29 heavy (non-hydrogen) atoms. The number of aromatic carboxylic acids is 1. The van der Waals surface area contributed by atoms with Crippen molar-refractivity contribution >= 4 is 46.7 Å². The van der Waals surface area contributed by atoms with Gasteiger partial charge >= 0.3 is 5.97 Å². The van der Waals surface area contributed by atoms with Crippen LogP contribution in [-0.4, -0.2) is 39.8 Å². The van der Waals surface area contributed by atoms with E-state index >= 15 is 0 Å². The lowest BCUT2D eigenvalue weighted by atomic mass is 10.1. The molecular formula is C20H22Cl2N4O3. The predicted molar refractivity (Wildman–Crippen MR) is 117 cm³/mol. The molecule has 1 atom stereocenters. The molecule has 0 aliphatic carbocycles. The standard InChI is InChI=1S/C20H21ClN4O3.ClH/c21-15-6-2-1-4-12(15)10-25-17(24-7-3-5-14(22)11-24)9-13-8-16(20(27)28)23-19(26)18(13)25;/h1-2,4,6,8-9,14H,3,5,7,10-11,22H2,(H,23,26)(H,27,28);1H/t14-;/m1./s1. The van der Waals surface area contributed by atoms with E-state index in [-0.39, 0.29) is 24.1 Å². The van der Waals surface area contributed by atoms with Crippen molar-refractivity contribution < 1.29 is 9.90 Å². The summed E-state index contributed by atoms with van der Waals surface area (Å²) in [6.45, 7) is 1.92. The smallest absolute Gasteiger partial charge is 0.352 e. The number of halogens is 2. The van der Waals surface area contributed by atoms with E-state index in [4.69, 9.17) is 17.3 Å². The van der Waals surface area contributed by atoms with Crippen molar-refractivity contribution in [2.75, 3.05) is 18.0 Å². The molecule has 0 bridgehead atoms. The van der Waals surface area contributed by atoms with Crippen LogP contribution in [0.3, 0.4) is 0 Å². The zero-order valence-electron chi connectivity index (χ0n) is 15.6. The first-order valence-electron chi connectivity index (χ1n) is 9.18. The average Bonchev–Trinajstić information content (AvgIpc) is 3.02. The average molecular weight is 437 g/mol. The Morgan fingerprint density at radius 2 is 2.07 bits per heavy atom. The Bertz CT molecular complexity index is 1110. The number of fused-ring (bicyclic) bond motifs is 1. The number of anilines is 1. The minimum absolute atomic E-state index is 0. The molecule has 0 radical (unpaired) electrons. The fourth-order valence-electron chi connectivity index (χ4n) is 3.84. The molecule has 3 heterocycles. The Labute approximate surface area is 178 Å². The SMILES string of the molecule is Cl.N[C@@H]1CCCN(c2cc3cc(C(=O)O)[nH]c(=O)c3n2Cc2ccccc2Cl)C1. The molecule has 0 amide bonds. The first-order valence-corrected chi connectivity index (χ1v) is 9.55. The number of pyridine rings is 1. The van der Waals surface area contributed by atoms with Crippen molar-refractivity contribution in [3.63, 3.8) is 0 Å². The van der Waals surface area contributed by atoms with Gasteiger partial charge in [0.1, 0.15) is 17.0 Å². The third-order valence-electron chi connectivity index (χ3n) is 5.17. The largest absolute Gasteiger partial charge is 0.477 e. The van der Waals surface area contributed by atoms with Crippen LogP contribution in [0.1, 0.15) is 28.9 Å². The summed E-state index contributed by atoms with van der Waals surface area (Å²) >= 11 is 6.35. The highest BCUT2D eigenvalue weighted by atomic mass is 35.5. The van der Waals surface area contributed by atoms with Gasteiger partial charge in [-0.2, -0.15) is 0 Å². The Kier molecular flexibility index (Phi) is 6.21. The summed E-state index contributed by atoms with van der Waals surface area (Å²) in [5.74, 6) is -0.322. The number of hydrogen-bond acceptors (Lipinski definition) is 4. The second-order valence-corrected chi connectivity index (χ2v) is 7.56. The Balaban J connectivity index is 0.00000240. The number of H-pyrrole nitrogens is 1. The molecule has 1 aliphatic heterocycles. The highest BCUT2D eigenvalue weighted by molar-refractivity contribution is 6.31. The molecule has 1 aliphatic rings. The van der Waals surface area contributed by atoms with Gasteiger partial charge < -0.3 is 25.3 Å². The maximum absolute atomic E-state index is 12.7. The topological polar surface area (TPSA) is 104 Å². The van der Waals surface area contributed by atoms with Gasteiger partial charge in [0.2, 0.25) is 0 Å². The molecule has 4 rings (SSSR count). The molecular weight excluding hydrogens is 415 g/mol. The van der Waals surface area contributed by atoms with Crippen molar-refractivity contribution in [1.82, 2.24) is 9.55 Å². The van der Waals surface area contributed by atoms with E-state index in [1.54, 1.807) is 0 Å². The summed E-state index contributed by atoms with van der Waals surface area (Å²) in [7, 11) is 0. The molecule has 0 unspecified atom stereocenters. The number of nitrogens with two attached hydrogens (primary N) is 1. The highest BCUT2D eigenvalue weighted by Crippen LogP contribution is 2.29. The molecule has 4 N–H and O–H groups in total. The number of carboxylic acid groups (broad SMARTS) is 1. The first-order chi connectivity index (χ1) is 13.4. The number of aromatic amines is 1. The van der Waals surface area contributed by atoms with Crippen LogP contribution < -0.4 is 16.2 Å². The van der Waals surface area contributed by atoms with Crippen LogP contribution in [0.25, 0.3) is 10.9 Å². The number of nitrogens with one attached hydrogen (secondary N) is 1. The second-order valence-electron chi connectivity index (χ2n) is 7.15. The van der Waals surface area contributed by atoms with E-state index < -0.39 is 11.5 Å². The third-order valence-corrected chi connectivity index (χ3v) is 5.53. The van der Waals surface area contributed by atoms with Gasteiger partial charge in [-0.1, -0.05) is 29.8 Å². The number of hydrogen-bond donors (Lipinski definition) is 3. The molecule has 0 spiro atoms. The summed E-state index contributed by atoms with van der Waals surface area (Å²) in [4.78, 5) is 28.7. The number of carbonyl (C=O) groups is 1. The van der Waals surface area contributed by atoms with Crippen LogP contribution in [0.4, 0.5) is 5.82 Å². The lowest BCUT2D eigenvalue weighted by Gasteiger charge is -2.33. The van der Waals surface area contributed by atoms with Gasteiger partial charge in [-0.3, -0.25) is 4.79 Å². The van der Waals surface area contributed by atoms with Crippen molar-refractivity contribution in [3.05, 3.63) is 63.0 Å². The predicted octanol–water partition coefficient (Wildman–Crippen LogP) is 3.08. The van der Waals surface area contributed by atoms with E-state index in [1.807, 2.05) is 34.9 Å². The quantitative estimate of drug-likeness (QED) is 0.582. The highest BCUT2D eigenvalue weighted by Gasteiger charge is 2.23. The summed E-state index contributed by atoms with van der Waals surface area (Å²) in [5, 5.41) is 10.5. The number of benzene rings is 1. The Morgan fingerprint density at radius 3 is 2.76 bits per heavy atom. The van der Waals surface area contributed by atoms with Crippen molar-refractivity contribution in [1.29, 1.82) is 0 Å². The normalized spacial score (nSPS) is 16.6. The van der Waals surface area contributed by atoms with Gasteiger partial charge in [0.05, 0.1) is 6.54 Å². The van der Waals surface area contributed by atoms with Crippen LogP contribution in [0.2, 0.25) is 5.02 Å². The number of carboxylic acids is 1. The number of aromatic nitrogens is 2. The van der Waals surface area contributed by atoms with Crippen LogP contribution >= 0.6 is 24.0 Å². The Morgan fingerprint density at radius 1 is 1.31 bits per heavy atom. The maximum atomic E-state index is 12.7. The lowest BCUT2D eigenvalue weighted by molar-refractivity contribution is 0.0690. The van der Waals surface area contributed by atoms with Crippen molar-refractivity contribution in [3.8, 4) is 0 Å². The molecule has 3 aromatic rings. The van der Waals surface area contributed by atoms with Gasteiger partial charge in [-0.15, -0.1) is 12.4 Å².